The molecule has 2 aromatic rings. The monoisotopic (exact) mass is 307 g/mol. The number of aromatic nitrogens is 5. The summed E-state index contributed by atoms with van der Waals surface area (Å²) in [5.41, 5.74) is 0.570. The summed E-state index contributed by atoms with van der Waals surface area (Å²) in [5.74, 6) is 1.04. The van der Waals surface area contributed by atoms with E-state index in [1.165, 1.54) is 10.7 Å². The second kappa shape index (κ2) is 6.80. The van der Waals surface area contributed by atoms with Gasteiger partial charge in [-0.05, 0) is 30.6 Å². The van der Waals surface area contributed by atoms with Gasteiger partial charge in [-0.15, -0.1) is 0 Å². The Morgan fingerprint density at radius 1 is 1.38 bits per heavy atom. The number of hydrogen-bond acceptors (Lipinski definition) is 4. The SMILES string of the molecule is CCCCn1c(-c2ccc(=O)n(CC(C)C)n2)n[nH]c1=S. The van der Waals surface area contributed by atoms with Crippen molar-refractivity contribution >= 4 is 12.2 Å². The standard InChI is InChI=1S/C14H21N5OS/c1-4-5-8-18-13(15-16-14(18)21)11-6-7-12(20)19(17-11)9-10(2)3/h6-7,10H,4-5,8-9H2,1-3H3,(H,16,21). The minimum absolute atomic E-state index is 0.0957. The van der Waals surface area contributed by atoms with Crippen LogP contribution in [-0.4, -0.2) is 24.5 Å². The van der Waals surface area contributed by atoms with Crippen LogP contribution >= 0.6 is 12.2 Å². The van der Waals surface area contributed by atoms with Crippen molar-refractivity contribution < 1.29 is 0 Å². The van der Waals surface area contributed by atoms with Crippen LogP contribution in [0.25, 0.3) is 11.5 Å². The summed E-state index contributed by atoms with van der Waals surface area (Å²) in [7, 11) is 0. The quantitative estimate of drug-likeness (QED) is 0.833. The predicted octanol–water partition coefficient (Wildman–Crippen LogP) is 2.62. The molecule has 0 fully saturated rings. The van der Waals surface area contributed by atoms with Crippen LogP contribution in [0.15, 0.2) is 16.9 Å². The molecule has 0 saturated carbocycles. The number of rotatable bonds is 6. The van der Waals surface area contributed by atoms with Gasteiger partial charge in [0, 0.05) is 19.2 Å². The average Bonchev–Trinajstić information content (AvgIpc) is 2.80. The zero-order valence-electron chi connectivity index (χ0n) is 12.7. The number of unbranched alkanes of at least 4 members (excludes halogenated alkanes) is 1. The Hall–Kier alpha value is -1.76. The molecule has 0 bridgehead atoms. The molecule has 114 valence electrons. The lowest BCUT2D eigenvalue weighted by atomic mass is 10.2. The third kappa shape index (κ3) is 3.66. The first-order chi connectivity index (χ1) is 10.0. The van der Waals surface area contributed by atoms with Crippen LogP contribution in [0.5, 0.6) is 0 Å². The topological polar surface area (TPSA) is 68.5 Å². The molecule has 0 amide bonds. The van der Waals surface area contributed by atoms with Gasteiger partial charge in [-0.25, -0.2) is 4.68 Å². The third-order valence-corrected chi connectivity index (χ3v) is 3.44. The van der Waals surface area contributed by atoms with Crippen molar-refractivity contribution in [3.63, 3.8) is 0 Å². The highest BCUT2D eigenvalue weighted by atomic mass is 32.1. The van der Waals surface area contributed by atoms with Crippen LogP contribution in [0.3, 0.4) is 0 Å². The fraction of sp³-hybridized carbons (Fsp3) is 0.571. The molecule has 0 radical (unpaired) electrons. The largest absolute Gasteiger partial charge is 0.299 e. The van der Waals surface area contributed by atoms with Crippen molar-refractivity contribution in [2.45, 2.75) is 46.7 Å². The summed E-state index contributed by atoms with van der Waals surface area (Å²) in [6.07, 6.45) is 2.10. The van der Waals surface area contributed by atoms with Gasteiger partial charge in [0.15, 0.2) is 10.6 Å². The minimum atomic E-state index is -0.0957. The molecular formula is C14H21N5OS. The summed E-state index contributed by atoms with van der Waals surface area (Å²) >= 11 is 5.26. The first-order valence-corrected chi connectivity index (χ1v) is 7.67. The van der Waals surface area contributed by atoms with Gasteiger partial charge < -0.3 is 0 Å². The Morgan fingerprint density at radius 3 is 2.81 bits per heavy atom. The molecule has 2 heterocycles. The molecule has 0 saturated heterocycles. The lowest BCUT2D eigenvalue weighted by molar-refractivity contribution is 0.464. The van der Waals surface area contributed by atoms with Gasteiger partial charge >= 0.3 is 0 Å². The molecule has 0 aliphatic heterocycles. The maximum atomic E-state index is 11.8. The van der Waals surface area contributed by atoms with E-state index in [1.54, 1.807) is 6.07 Å². The smallest absolute Gasteiger partial charge is 0.266 e. The number of nitrogens with one attached hydrogen (secondary N) is 1. The van der Waals surface area contributed by atoms with E-state index in [2.05, 4.69) is 36.1 Å². The van der Waals surface area contributed by atoms with E-state index >= 15 is 0 Å². The molecule has 0 unspecified atom stereocenters. The Balaban J connectivity index is 2.43. The van der Waals surface area contributed by atoms with Crippen LogP contribution < -0.4 is 5.56 Å². The highest BCUT2D eigenvalue weighted by molar-refractivity contribution is 7.71. The second-order valence-corrected chi connectivity index (χ2v) is 5.88. The van der Waals surface area contributed by atoms with E-state index in [1.807, 2.05) is 4.57 Å². The van der Waals surface area contributed by atoms with Gasteiger partial charge in [-0.2, -0.15) is 10.2 Å². The van der Waals surface area contributed by atoms with Crippen LogP contribution in [0.2, 0.25) is 0 Å². The number of H-pyrrole nitrogens is 1. The maximum absolute atomic E-state index is 11.8. The van der Waals surface area contributed by atoms with E-state index in [4.69, 9.17) is 12.2 Å². The molecule has 0 aliphatic rings. The van der Waals surface area contributed by atoms with Crippen molar-refractivity contribution in [1.29, 1.82) is 0 Å². The van der Waals surface area contributed by atoms with Gasteiger partial charge in [0.25, 0.3) is 5.56 Å². The van der Waals surface area contributed by atoms with Crippen LogP contribution in [0.1, 0.15) is 33.6 Å². The van der Waals surface area contributed by atoms with Crippen LogP contribution in [0.4, 0.5) is 0 Å². The first-order valence-electron chi connectivity index (χ1n) is 7.26. The lowest BCUT2D eigenvalue weighted by Gasteiger charge is -2.09. The summed E-state index contributed by atoms with van der Waals surface area (Å²) in [5, 5.41) is 11.5. The van der Waals surface area contributed by atoms with Crippen molar-refractivity contribution in [2.24, 2.45) is 5.92 Å². The summed E-state index contributed by atoms with van der Waals surface area (Å²) in [6, 6.07) is 3.24. The average molecular weight is 307 g/mol. The van der Waals surface area contributed by atoms with Gasteiger partial charge in [0.2, 0.25) is 0 Å². The second-order valence-electron chi connectivity index (χ2n) is 5.49. The number of aromatic amines is 1. The Labute approximate surface area is 128 Å². The van der Waals surface area contributed by atoms with Crippen LogP contribution in [0, 0.1) is 10.7 Å². The highest BCUT2D eigenvalue weighted by Crippen LogP contribution is 2.14. The fourth-order valence-electron chi connectivity index (χ4n) is 2.08. The van der Waals surface area contributed by atoms with Gasteiger partial charge in [0.05, 0.1) is 0 Å². The molecule has 2 aromatic heterocycles. The van der Waals surface area contributed by atoms with Crippen molar-refractivity contribution in [3.8, 4) is 11.5 Å². The van der Waals surface area contributed by atoms with E-state index in [-0.39, 0.29) is 5.56 Å². The van der Waals surface area contributed by atoms with Crippen molar-refractivity contribution in [2.75, 3.05) is 0 Å². The van der Waals surface area contributed by atoms with Crippen molar-refractivity contribution in [1.82, 2.24) is 24.5 Å². The van der Waals surface area contributed by atoms with Crippen molar-refractivity contribution in [3.05, 3.63) is 27.3 Å². The molecule has 6 nitrogen and oxygen atoms in total. The van der Waals surface area contributed by atoms with Crippen LogP contribution in [-0.2, 0) is 13.1 Å². The zero-order chi connectivity index (χ0) is 15.4. The van der Waals surface area contributed by atoms with E-state index in [0.29, 0.717) is 28.8 Å². The molecule has 7 heteroatoms. The normalized spacial score (nSPS) is 11.2. The summed E-state index contributed by atoms with van der Waals surface area (Å²) in [4.78, 5) is 11.8. The Kier molecular flexibility index (Phi) is 5.06. The minimum Gasteiger partial charge on any atom is -0.299 e. The zero-order valence-corrected chi connectivity index (χ0v) is 13.5. The molecular weight excluding hydrogens is 286 g/mol. The Morgan fingerprint density at radius 2 is 2.14 bits per heavy atom. The number of nitrogens with zero attached hydrogens (tertiary/aromatic N) is 4. The first kappa shape index (κ1) is 15.6. The Bertz CT molecular complexity index is 713. The predicted molar refractivity (Wildman–Crippen MR) is 84.6 cm³/mol. The maximum Gasteiger partial charge on any atom is 0.266 e. The molecule has 2 rings (SSSR count). The molecule has 0 atom stereocenters. The fourth-order valence-corrected chi connectivity index (χ4v) is 2.31. The van der Waals surface area contributed by atoms with E-state index in [0.717, 1.165) is 19.4 Å². The third-order valence-electron chi connectivity index (χ3n) is 3.13. The van der Waals surface area contributed by atoms with E-state index in [9.17, 15) is 4.79 Å². The van der Waals surface area contributed by atoms with E-state index < -0.39 is 0 Å². The number of hydrogen-bond donors (Lipinski definition) is 1. The molecule has 0 aromatic carbocycles. The lowest BCUT2D eigenvalue weighted by Crippen LogP contribution is -2.24. The highest BCUT2D eigenvalue weighted by Gasteiger charge is 2.12. The van der Waals surface area contributed by atoms with Gasteiger partial charge in [0.1, 0.15) is 5.69 Å². The molecule has 0 spiro atoms. The van der Waals surface area contributed by atoms with Gasteiger partial charge in [-0.3, -0.25) is 14.5 Å². The molecule has 0 aliphatic carbocycles. The molecule has 1 N–H and O–H groups in total. The summed E-state index contributed by atoms with van der Waals surface area (Å²) < 4.78 is 4.01. The van der Waals surface area contributed by atoms with Gasteiger partial charge in [-0.1, -0.05) is 27.2 Å². The summed E-state index contributed by atoms with van der Waals surface area (Å²) in [6.45, 7) is 7.62. The molecule has 21 heavy (non-hydrogen) atoms.